The summed E-state index contributed by atoms with van der Waals surface area (Å²) in [5, 5.41) is 0. The smallest absolute Gasteiger partial charge is 0.167 e. The van der Waals surface area contributed by atoms with E-state index in [0.29, 0.717) is 6.42 Å². The van der Waals surface area contributed by atoms with E-state index in [0.717, 1.165) is 21.2 Å². The summed E-state index contributed by atoms with van der Waals surface area (Å²) in [5.74, 6) is 0.134. The summed E-state index contributed by atoms with van der Waals surface area (Å²) in [5.41, 5.74) is 2.77. The molecule has 1 heterocycles. The molecule has 2 aromatic rings. The lowest BCUT2D eigenvalue weighted by Crippen LogP contribution is -2.05. The van der Waals surface area contributed by atoms with E-state index in [-0.39, 0.29) is 5.78 Å². The van der Waals surface area contributed by atoms with Crippen LogP contribution in [0.2, 0.25) is 0 Å². The van der Waals surface area contributed by atoms with Crippen LogP contribution in [0, 0.1) is 6.92 Å². The van der Waals surface area contributed by atoms with Gasteiger partial charge >= 0.3 is 0 Å². The maximum Gasteiger partial charge on any atom is 0.167 e. The van der Waals surface area contributed by atoms with Gasteiger partial charge in [-0.2, -0.15) is 0 Å². The van der Waals surface area contributed by atoms with Gasteiger partial charge in [0.1, 0.15) is 0 Å². The van der Waals surface area contributed by atoms with Crippen molar-refractivity contribution >= 4 is 21.7 Å². The molecule has 0 saturated heterocycles. The Morgan fingerprint density at radius 1 is 1.24 bits per heavy atom. The van der Waals surface area contributed by atoms with E-state index in [9.17, 15) is 4.79 Å². The highest BCUT2D eigenvalue weighted by Gasteiger charge is 2.10. The number of nitrogens with zero attached hydrogens (tertiary/aromatic N) is 1. The predicted molar refractivity (Wildman–Crippen MR) is 71.2 cm³/mol. The summed E-state index contributed by atoms with van der Waals surface area (Å²) in [6.07, 6.45) is 3.83. The first kappa shape index (κ1) is 12.0. The Balaban J connectivity index is 2.23. The number of aryl methyl sites for hydroxylation is 1. The van der Waals surface area contributed by atoms with Crippen molar-refractivity contribution in [3.63, 3.8) is 0 Å². The Morgan fingerprint density at radius 3 is 2.65 bits per heavy atom. The van der Waals surface area contributed by atoms with Crippen LogP contribution in [0.25, 0.3) is 0 Å². The van der Waals surface area contributed by atoms with Gasteiger partial charge in [-0.1, -0.05) is 22.0 Å². The van der Waals surface area contributed by atoms with E-state index in [4.69, 9.17) is 0 Å². The van der Waals surface area contributed by atoms with Gasteiger partial charge in [-0.25, -0.2) is 0 Å². The van der Waals surface area contributed by atoms with Gasteiger partial charge in [0, 0.05) is 28.9 Å². The average molecular weight is 290 g/mol. The van der Waals surface area contributed by atoms with Crippen LogP contribution in [0.1, 0.15) is 21.5 Å². The summed E-state index contributed by atoms with van der Waals surface area (Å²) in [6.45, 7) is 1.95. The van der Waals surface area contributed by atoms with E-state index in [1.165, 1.54) is 0 Å². The SMILES string of the molecule is Cc1ccc(Br)cc1C(=O)Cc1ccncc1. The molecule has 0 aliphatic carbocycles. The minimum absolute atomic E-state index is 0.134. The van der Waals surface area contributed by atoms with Crippen LogP contribution in [-0.2, 0) is 6.42 Å². The predicted octanol–water partition coefficient (Wildman–Crippen LogP) is 3.58. The normalized spacial score (nSPS) is 10.2. The molecule has 0 aliphatic rings. The highest BCUT2D eigenvalue weighted by atomic mass is 79.9. The molecule has 0 radical (unpaired) electrons. The molecule has 0 fully saturated rings. The van der Waals surface area contributed by atoms with Crippen molar-refractivity contribution < 1.29 is 4.79 Å². The standard InChI is InChI=1S/C14H12BrNO/c1-10-2-3-12(15)9-13(10)14(17)8-11-4-6-16-7-5-11/h2-7,9H,8H2,1H3. The molecule has 1 aromatic carbocycles. The molecule has 0 bridgehead atoms. The lowest BCUT2D eigenvalue weighted by atomic mass is 10.00. The second kappa shape index (κ2) is 5.23. The van der Waals surface area contributed by atoms with Gasteiger partial charge in [-0.15, -0.1) is 0 Å². The molecule has 0 amide bonds. The molecule has 3 heteroatoms. The number of hydrogen-bond donors (Lipinski definition) is 0. The maximum absolute atomic E-state index is 12.1. The fourth-order valence-corrected chi connectivity index (χ4v) is 2.04. The molecule has 2 rings (SSSR count). The molecular weight excluding hydrogens is 278 g/mol. The van der Waals surface area contributed by atoms with Gasteiger partial charge in [0.05, 0.1) is 0 Å². The van der Waals surface area contributed by atoms with E-state index in [2.05, 4.69) is 20.9 Å². The van der Waals surface area contributed by atoms with Gasteiger partial charge in [0.15, 0.2) is 5.78 Å². The number of halogens is 1. The highest BCUT2D eigenvalue weighted by Crippen LogP contribution is 2.18. The third kappa shape index (κ3) is 3.01. The fraction of sp³-hybridized carbons (Fsp3) is 0.143. The number of benzene rings is 1. The quantitative estimate of drug-likeness (QED) is 0.809. The third-order valence-electron chi connectivity index (χ3n) is 2.61. The van der Waals surface area contributed by atoms with E-state index in [1.54, 1.807) is 12.4 Å². The molecule has 0 spiro atoms. The van der Waals surface area contributed by atoms with E-state index in [1.807, 2.05) is 37.3 Å². The first-order valence-corrected chi connectivity index (χ1v) is 6.14. The Bertz CT molecular complexity index is 537. The first-order chi connectivity index (χ1) is 8.16. The topological polar surface area (TPSA) is 30.0 Å². The van der Waals surface area contributed by atoms with Gasteiger partial charge in [-0.3, -0.25) is 9.78 Å². The van der Waals surface area contributed by atoms with Gasteiger partial charge in [0.2, 0.25) is 0 Å². The summed E-state index contributed by atoms with van der Waals surface area (Å²) >= 11 is 3.39. The van der Waals surface area contributed by atoms with Crippen LogP contribution >= 0.6 is 15.9 Å². The van der Waals surface area contributed by atoms with Crippen LogP contribution in [0.3, 0.4) is 0 Å². The van der Waals surface area contributed by atoms with Crippen LogP contribution in [0.5, 0.6) is 0 Å². The number of hydrogen-bond acceptors (Lipinski definition) is 2. The zero-order valence-electron chi connectivity index (χ0n) is 9.48. The van der Waals surface area contributed by atoms with Gasteiger partial charge in [0.25, 0.3) is 0 Å². The Labute approximate surface area is 109 Å². The van der Waals surface area contributed by atoms with Gasteiger partial charge < -0.3 is 0 Å². The number of aromatic nitrogens is 1. The fourth-order valence-electron chi connectivity index (χ4n) is 1.68. The molecular formula is C14H12BrNO. The molecule has 0 N–H and O–H groups in total. The molecule has 0 aliphatic heterocycles. The number of carbonyl (C=O) groups excluding carboxylic acids is 1. The Morgan fingerprint density at radius 2 is 1.94 bits per heavy atom. The molecule has 1 aromatic heterocycles. The number of carbonyl (C=O) groups is 1. The van der Waals surface area contributed by atoms with Crippen LogP contribution in [0.4, 0.5) is 0 Å². The monoisotopic (exact) mass is 289 g/mol. The molecule has 0 unspecified atom stereocenters. The molecule has 0 atom stereocenters. The van der Waals surface area contributed by atoms with Crippen molar-refractivity contribution in [2.75, 3.05) is 0 Å². The summed E-state index contributed by atoms with van der Waals surface area (Å²) < 4.78 is 0.932. The Hall–Kier alpha value is -1.48. The molecule has 2 nitrogen and oxygen atoms in total. The number of ketones is 1. The maximum atomic E-state index is 12.1. The largest absolute Gasteiger partial charge is 0.294 e. The van der Waals surface area contributed by atoms with E-state index >= 15 is 0 Å². The van der Waals surface area contributed by atoms with Crippen molar-refractivity contribution in [3.05, 3.63) is 63.9 Å². The van der Waals surface area contributed by atoms with Gasteiger partial charge in [-0.05, 0) is 42.3 Å². The minimum Gasteiger partial charge on any atom is -0.294 e. The number of rotatable bonds is 3. The average Bonchev–Trinajstić information content (AvgIpc) is 2.33. The van der Waals surface area contributed by atoms with Crippen LogP contribution in [-0.4, -0.2) is 10.8 Å². The molecule has 86 valence electrons. The summed E-state index contributed by atoms with van der Waals surface area (Å²) in [4.78, 5) is 16.1. The van der Waals surface area contributed by atoms with Crippen molar-refractivity contribution in [2.45, 2.75) is 13.3 Å². The van der Waals surface area contributed by atoms with Crippen molar-refractivity contribution in [1.29, 1.82) is 0 Å². The Kier molecular flexibility index (Phi) is 3.69. The third-order valence-corrected chi connectivity index (χ3v) is 3.11. The number of Topliss-reactive ketones (excluding diaryl/α,β-unsaturated/α-hetero) is 1. The lowest BCUT2D eigenvalue weighted by molar-refractivity contribution is 0.0992. The van der Waals surface area contributed by atoms with E-state index < -0.39 is 0 Å². The highest BCUT2D eigenvalue weighted by molar-refractivity contribution is 9.10. The van der Waals surface area contributed by atoms with Crippen LogP contribution < -0.4 is 0 Å². The second-order valence-electron chi connectivity index (χ2n) is 3.91. The number of pyridine rings is 1. The van der Waals surface area contributed by atoms with Crippen LogP contribution in [0.15, 0.2) is 47.2 Å². The summed E-state index contributed by atoms with van der Waals surface area (Å²) in [6, 6.07) is 9.50. The molecule has 17 heavy (non-hydrogen) atoms. The molecule has 0 saturated carbocycles. The summed E-state index contributed by atoms with van der Waals surface area (Å²) in [7, 11) is 0. The van der Waals surface area contributed by atoms with Crippen molar-refractivity contribution in [1.82, 2.24) is 4.98 Å². The minimum atomic E-state index is 0.134. The first-order valence-electron chi connectivity index (χ1n) is 5.35. The zero-order chi connectivity index (χ0) is 12.3. The van der Waals surface area contributed by atoms with Crippen molar-refractivity contribution in [3.8, 4) is 0 Å². The lowest BCUT2D eigenvalue weighted by Gasteiger charge is -2.05. The van der Waals surface area contributed by atoms with Crippen molar-refractivity contribution in [2.24, 2.45) is 0 Å². The second-order valence-corrected chi connectivity index (χ2v) is 4.83. The zero-order valence-corrected chi connectivity index (χ0v) is 11.1.